The fourth-order valence-electron chi connectivity index (χ4n) is 2.18. The molecule has 2 aromatic rings. The summed E-state index contributed by atoms with van der Waals surface area (Å²) in [5.74, 6) is -0.435. The number of nitrogens with one attached hydrogen (secondary N) is 1. The predicted octanol–water partition coefficient (Wildman–Crippen LogP) is 3.16. The van der Waals surface area contributed by atoms with Crippen LogP contribution >= 0.6 is 22.9 Å². The van der Waals surface area contributed by atoms with Gasteiger partial charge < -0.3 is 10.2 Å². The second kappa shape index (κ2) is 9.34. The first-order chi connectivity index (χ1) is 12.0. The summed E-state index contributed by atoms with van der Waals surface area (Å²) >= 11 is 7.45. The zero-order valence-corrected chi connectivity index (χ0v) is 15.6. The number of thiazole rings is 1. The molecule has 0 unspecified atom stereocenters. The predicted molar refractivity (Wildman–Crippen MR) is 102 cm³/mol. The van der Waals surface area contributed by atoms with Crippen LogP contribution in [0.25, 0.3) is 10.6 Å². The van der Waals surface area contributed by atoms with Gasteiger partial charge in [0.1, 0.15) is 5.01 Å². The molecule has 1 N–H and O–H groups in total. The molecule has 0 atom stereocenters. The second-order valence-electron chi connectivity index (χ2n) is 5.31. The van der Waals surface area contributed by atoms with E-state index in [1.807, 2.05) is 36.6 Å². The molecule has 7 heteroatoms. The van der Waals surface area contributed by atoms with E-state index >= 15 is 0 Å². The first-order valence-corrected chi connectivity index (χ1v) is 9.17. The van der Waals surface area contributed by atoms with Crippen LogP contribution in [0.3, 0.4) is 0 Å². The smallest absolute Gasteiger partial charge is 0.246 e. The summed E-state index contributed by atoms with van der Waals surface area (Å²) < 4.78 is 0. The minimum absolute atomic E-state index is 0.0362. The average Bonchev–Trinajstić information content (AvgIpc) is 3.08. The zero-order valence-electron chi connectivity index (χ0n) is 14.0. The van der Waals surface area contributed by atoms with Crippen LogP contribution in [0.2, 0.25) is 5.02 Å². The van der Waals surface area contributed by atoms with Crippen molar-refractivity contribution in [3.8, 4) is 10.6 Å². The first-order valence-electron chi connectivity index (χ1n) is 7.92. The lowest BCUT2D eigenvalue weighted by Gasteiger charge is -2.18. The molecule has 0 aliphatic heterocycles. The first kappa shape index (κ1) is 19.1. The molecule has 1 aromatic heterocycles. The maximum atomic E-state index is 11.9. The van der Waals surface area contributed by atoms with Gasteiger partial charge in [-0.05, 0) is 25.1 Å². The number of carbonyl (C=O) groups is 2. The van der Waals surface area contributed by atoms with E-state index in [0.29, 0.717) is 24.5 Å². The van der Waals surface area contributed by atoms with Crippen LogP contribution in [0.5, 0.6) is 0 Å². The molecule has 0 fully saturated rings. The molecule has 0 saturated carbocycles. The highest BCUT2D eigenvalue weighted by molar-refractivity contribution is 7.13. The highest BCUT2D eigenvalue weighted by atomic mass is 35.5. The van der Waals surface area contributed by atoms with Crippen molar-refractivity contribution in [2.45, 2.75) is 13.3 Å². The largest absolute Gasteiger partial charge is 0.354 e. The molecule has 0 saturated heterocycles. The molecule has 0 spiro atoms. The van der Waals surface area contributed by atoms with E-state index in [2.05, 4.69) is 16.9 Å². The van der Waals surface area contributed by atoms with Crippen LogP contribution in [-0.4, -0.2) is 41.3 Å². The van der Waals surface area contributed by atoms with Crippen molar-refractivity contribution in [2.75, 3.05) is 19.6 Å². The third-order valence-electron chi connectivity index (χ3n) is 3.55. The highest BCUT2D eigenvalue weighted by Gasteiger charge is 2.12. The highest BCUT2D eigenvalue weighted by Crippen LogP contribution is 2.25. The lowest BCUT2D eigenvalue weighted by atomic mass is 10.2. The number of likely N-dealkylation sites (N-methyl/N-ethyl adjacent to an activating group) is 1. The molecule has 2 rings (SSSR count). The van der Waals surface area contributed by atoms with Crippen molar-refractivity contribution in [1.82, 2.24) is 15.2 Å². The fourth-order valence-corrected chi connectivity index (χ4v) is 3.17. The molecule has 5 nitrogen and oxygen atoms in total. The standard InChI is InChI=1S/C18H20ClN3O2S/c1-3-17(24)22(4-2)11-16(23)20-10-9-15-12-25-18(21-15)13-5-7-14(19)8-6-13/h3,5-8,12H,1,4,9-11H2,2H3,(H,20,23). The topological polar surface area (TPSA) is 62.3 Å². The van der Waals surface area contributed by atoms with Gasteiger partial charge in [-0.25, -0.2) is 4.98 Å². The minimum atomic E-state index is -0.246. The molecule has 2 amide bonds. The molecular weight excluding hydrogens is 358 g/mol. The van der Waals surface area contributed by atoms with E-state index in [-0.39, 0.29) is 18.4 Å². The van der Waals surface area contributed by atoms with Gasteiger partial charge in [0.25, 0.3) is 0 Å². The number of carbonyl (C=O) groups excluding carboxylic acids is 2. The zero-order chi connectivity index (χ0) is 18.2. The van der Waals surface area contributed by atoms with Gasteiger partial charge in [-0.2, -0.15) is 0 Å². The SMILES string of the molecule is C=CC(=O)N(CC)CC(=O)NCCc1csc(-c2ccc(Cl)cc2)n1. The molecule has 0 radical (unpaired) electrons. The average molecular weight is 378 g/mol. The monoisotopic (exact) mass is 377 g/mol. The van der Waals surface area contributed by atoms with Crippen LogP contribution in [-0.2, 0) is 16.0 Å². The Morgan fingerprint density at radius 3 is 2.72 bits per heavy atom. The summed E-state index contributed by atoms with van der Waals surface area (Å²) in [5.41, 5.74) is 1.94. The molecule has 1 heterocycles. The van der Waals surface area contributed by atoms with Gasteiger partial charge in [-0.1, -0.05) is 30.3 Å². The summed E-state index contributed by atoms with van der Waals surface area (Å²) in [5, 5.41) is 6.41. The molecule has 0 aliphatic carbocycles. The van der Waals surface area contributed by atoms with Crippen molar-refractivity contribution in [3.63, 3.8) is 0 Å². The summed E-state index contributed by atoms with van der Waals surface area (Å²) in [7, 11) is 0. The quantitative estimate of drug-likeness (QED) is 0.719. The summed E-state index contributed by atoms with van der Waals surface area (Å²) in [4.78, 5) is 29.5. The molecule has 1 aromatic carbocycles. The summed E-state index contributed by atoms with van der Waals surface area (Å²) in [6, 6.07) is 7.54. The second-order valence-corrected chi connectivity index (χ2v) is 6.60. The van der Waals surface area contributed by atoms with Crippen molar-refractivity contribution in [1.29, 1.82) is 0 Å². The summed E-state index contributed by atoms with van der Waals surface area (Å²) in [6.45, 7) is 6.23. The Morgan fingerprint density at radius 2 is 2.08 bits per heavy atom. The number of amides is 2. The van der Waals surface area contributed by atoms with Gasteiger partial charge in [0.2, 0.25) is 11.8 Å². The van der Waals surface area contributed by atoms with Crippen LogP contribution in [0.1, 0.15) is 12.6 Å². The molecule has 0 bridgehead atoms. The maximum absolute atomic E-state index is 11.9. The van der Waals surface area contributed by atoms with Crippen molar-refractivity contribution < 1.29 is 9.59 Å². The van der Waals surface area contributed by atoms with Crippen molar-refractivity contribution in [3.05, 3.63) is 53.0 Å². The van der Waals surface area contributed by atoms with Crippen LogP contribution < -0.4 is 5.32 Å². The van der Waals surface area contributed by atoms with E-state index in [0.717, 1.165) is 16.3 Å². The van der Waals surface area contributed by atoms with E-state index in [1.54, 1.807) is 11.3 Å². The normalized spacial score (nSPS) is 10.3. The number of nitrogens with zero attached hydrogens (tertiary/aromatic N) is 2. The number of hydrogen-bond donors (Lipinski definition) is 1. The van der Waals surface area contributed by atoms with Crippen LogP contribution in [0.4, 0.5) is 0 Å². The van der Waals surface area contributed by atoms with E-state index in [4.69, 9.17) is 11.6 Å². The maximum Gasteiger partial charge on any atom is 0.246 e. The Morgan fingerprint density at radius 1 is 1.36 bits per heavy atom. The van der Waals surface area contributed by atoms with Gasteiger partial charge in [-0.15, -0.1) is 11.3 Å². The van der Waals surface area contributed by atoms with E-state index in [9.17, 15) is 9.59 Å². The summed E-state index contributed by atoms with van der Waals surface area (Å²) in [6.07, 6.45) is 1.85. The van der Waals surface area contributed by atoms with E-state index in [1.165, 1.54) is 11.0 Å². The lowest BCUT2D eigenvalue weighted by Crippen LogP contribution is -2.40. The van der Waals surface area contributed by atoms with Gasteiger partial charge in [-0.3, -0.25) is 9.59 Å². The Kier molecular flexibility index (Phi) is 7.16. The molecule has 25 heavy (non-hydrogen) atoms. The van der Waals surface area contributed by atoms with Gasteiger partial charge in [0, 0.05) is 35.5 Å². The van der Waals surface area contributed by atoms with Crippen LogP contribution in [0.15, 0.2) is 42.3 Å². The number of halogens is 1. The Labute approximate surface area is 156 Å². The van der Waals surface area contributed by atoms with E-state index < -0.39 is 0 Å². The minimum Gasteiger partial charge on any atom is -0.354 e. The Hall–Kier alpha value is -2.18. The fraction of sp³-hybridized carbons (Fsp3) is 0.278. The number of benzene rings is 1. The van der Waals surface area contributed by atoms with Crippen molar-refractivity contribution >= 4 is 34.8 Å². The van der Waals surface area contributed by atoms with Gasteiger partial charge in [0.15, 0.2) is 0 Å². The molecular formula is C18H20ClN3O2S. The third-order valence-corrected chi connectivity index (χ3v) is 4.74. The van der Waals surface area contributed by atoms with Gasteiger partial charge >= 0.3 is 0 Å². The van der Waals surface area contributed by atoms with Gasteiger partial charge in [0.05, 0.1) is 12.2 Å². The molecule has 0 aliphatic rings. The lowest BCUT2D eigenvalue weighted by molar-refractivity contribution is -0.132. The van der Waals surface area contributed by atoms with Crippen molar-refractivity contribution in [2.24, 2.45) is 0 Å². The third kappa shape index (κ3) is 5.69. The number of aromatic nitrogens is 1. The van der Waals surface area contributed by atoms with Crippen LogP contribution in [0, 0.1) is 0 Å². The Bertz CT molecular complexity index is 743. The molecule has 132 valence electrons. The number of rotatable bonds is 8. The Balaban J connectivity index is 1.82. The number of hydrogen-bond acceptors (Lipinski definition) is 4.